The van der Waals surface area contributed by atoms with Crippen molar-refractivity contribution >= 4 is 23.5 Å². The predicted molar refractivity (Wildman–Crippen MR) is 124 cm³/mol. The van der Waals surface area contributed by atoms with Gasteiger partial charge in [-0.25, -0.2) is 4.79 Å². The first-order valence-electron chi connectivity index (χ1n) is 11.3. The standard InChI is InChI=1S/C25H30N4O2/c30-23(9-1-18-2-10-24-21(15-18)16-26-25(31)27-24)17-28-11-13-29(14-12-28)22-7-5-20(6-8-22)19-3-4-19/h1-2,5-10,15,19,23,30H,3-4,11-14,16-17H2,(H2,26,27,31). The summed E-state index contributed by atoms with van der Waals surface area (Å²) in [6.07, 6.45) is 6.00. The number of carbonyl (C=O) groups is 1. The number of piperazine rings is 1. The van der Waals surface area contributed by atoms with Gasteiger partial charge in [0.2, 0.25) is 0 Å². The fraction of sp³-hybridized carbons (Fsp3) is 0.400. The molecule has 2 amide bonds. The molecular formula is C25H30N4O2. The first-order chi connectivity index (χ1) is 15.1. The summed E-state index contributed by atoms with van der Waals surface area (Å²) in [6, 6.07) is 14.9. The Morgan fingerprint density at radius 3 is 2.58 bits per heavy atom. The van der Waals surface area contributed by atoms with Gasteiger partial charge in [-0.05, 0) is 59.7 Å². The number of aliphatic hydroxyl groups is 1. The Balaban J connectivity index is 1.10. The SMILES string of the molecule is O=C1NCc2cc(C=CC(O)CN3CCN(c4ccc(C5CC5)cc4)CC3)ccc2N1. The van der Waals surface area contributed by atoms with E-state index in [-0.39, 0.29) is 6.03 Å². The van der Waals surface area contributed by atoms with Gasteiger partial charge < -0.3 is 20.6 Å². The van der Waals surface area contributed by atoms with Crippen LogP contribution in [0.5, 0.6) is 0 Å². The normalized spacial score (nSPS) is 20.3. The van der Waals surface area contributed by atoms with Crippen LogP contribution in [0.1, 0.15) is 35.4 Å². The highest BCUT2D eigenvalue weighted by Gasteiger charge is 2.24. The molecule has 0 aromatic heterocycles. The molecule has 2 heterocycles. The van der Waals surface area contributed by atoms with Crippen molar-refractivity contribution in [2.75, 3.05) is 42.9 Å². The smallest absolute Gasteiger partial charge is 0.319 e. The monoisotopic (exact) mass is 418 g/mol. The molecule has 31 heavy (non-hydrogen) atoms. The van der Waals surface area contributed by atoms with Gasteiger partial charge in [-0.2, -0.15) is 0 Å². The Morgan fingerprint density at radius 1 is 1.06 bits per heavy atom. The molecule has 2 fully saturated rings. The molecule has 0 bridgehead atoms. The van der Waals surface area contributed by atoms with Gasteiger partial charge >= 0.3 is 6.03 Å². The lowest BCUT2D eigenvalue weighted by Crippen LogP contribution is -2.48. The predicted octanol–water partition coefficient (Wildman–Crippen LogP) is 3.40. The number of fused-ring (bicyclic) bond motifs is 1. The molecule has 2 aromatic rings. The van der Waals surface area contributed by atoms with Crippen LogP contribution in [0.2, 0.25) is 0 Å². The molecule has 3 aliphatic rings. The fourth-order valence-corrected chi connectivity index (χ4v) is 4.44. The van der Waals surface area contributed by atoms with Crippen molar-refractivity contribution in [3.05, 3.63) is 65.2 Å². The maximum absolute atomic E-state index is 11.4. The zero-order valence-corrected chi connectivity index (χ0v) is 17.8. The second-order valence-corrected chi connectivity index (χ2v) is 8.80. The maximum Gasteiger partial charge on any atom is 0.319 e. The molecule has 2 aromatic carbocycles. The quantitative estimate of drug-likeness (QED) is 0.673. The summed E-state index contributed by atoms with van der Waals surface area (Å²) in [5.41, 5.74) is 5.72. The minimum absolute atomic E-state index is 0.165. The van der Waals surface area contributed by atoms with Crippen LogP contribution in [0, 0.1) is 0 Å². The Bertz CT molecular complexity index is 960. The summed E-state index contributed by atoms with van der Waals surface area (Å²) in [4.78, 5) is 16.1. The van der Waals surface area contributed by atoms with Crippen molar-refractivity contribution < 1.29 is 9.90 Å². The highest BCUT2D eigenvalue weighted by molar-refractivity contribution is 5.92. The van der Waals surface area contributed by atoms with E-state index < -0.39 is 6.10 Å². The van der Waals surface area contributed by atoms with Gasteiger partial charge in [0, 0.05) is 50.6 Å². The molecule has 3 N–H and O–H groups in total. The Labute approximate surface area is 183 Å². The molecule has 1 aliphatic carbocycles. The molecule has 1 saturated carbocycles. The molecular weight excluding hydrogens is 388 g/mol. The molecule has 2 aliphatic heterocycles. The minimum atomic E-state index is -0.502. The van der Waals surface area contributed by atoms with Crippen molar-refractivity contribution in [1.82, 2.24) is 10.2 Å². The van der Waals surface area contributed by atoms with Crippen molar-refractivity contribution in [3.8, 4) is 0 Å². The van der Waals surface area contributed by atoms with Crippen LogP contribution in [0.15, 0.2) is 48.5 Å². The topological polar surface area (TPSA) is 67.8 Å². The summed E-state index contributed by atoms with van der Waals surface area (Å²) >= 11 is 0. The number of urea groups is 1. The number of rotatable bonds is 6. The van der Waals surface area contributed by atoms with Crippen molar-refractivity contribution in [2.45, 2.75) is 31.4 Å². The number of β-amino-alcohol motifs (C(OH)–C–C–N with tert-alkyl or cyclic N) is 1. The number of anilines is 2. The van der Waals surface area contributed by atoms with E-state index in [9.17, 15) is 9.90 Å². The lowest BCUT2D eigenvalue weighted by atomic mass is 10.1. The first-order valence-corrected chi connectivity index (χ1v) is 11.3. The molecule has 6 heteroatoms. The molecule has 6 nitrogen and oxygen atoms in total. The number of aliphatic hydroxyl groups excluding tert-OH is 1. The van der Waals surface area contributed by atoms with Crippen LogP contribution in [0.4, 0.5) is 16.2 Å². The maximum atomic E-state index is 11.4. The van der Waals surface area contributed by atoms with E-state index in [1.165, 1.54) is 24.1 Å². The molecule has 0 spiro atoms. The van der Waals surface area contributed by atoms with Crippen LogP contribution in [0.3, 0.4) is 0 Å². The first kappa shape index (κ1) is 20.1. The molecule has 1 saturated heterocycles. The second kappa shape index (κ2) is 8.73. The van der Waals surface area contributed by atoms with Gasteiger partial charge in [-0.1, -0.05) is 30.4 Å². The lowest BCUT2D eigenvalue weighted by molar-refractivity contribution is 0.142. The Kier molecular flexibility index (Phi) is 5.66. The van der Waals surface area contributed by atoms with Gasteiger partial charge in [0.25, 0.3) is 0 Å². The van der Waals surface area contributed by atoms with Crippen LogP contribution in [-0.2, 0) is 6.54 Å². The zero-order chi connectivity index (χ0) is 21.2. The minimum Gasteiger partial charge on any atom is -0.388 e. The highest BCUT2D eigenvalue weighted by Crippen LogP contribution is 2.40. The van der Waals surface area contributed by atoms with Crippen LogP contribution in [-0.4, -0.2) is 54.9 Å². The average Bonchev–Trinajstić information content (AvgIpc) is 3.64. The Morgan fingerprint density at radius 2 is 1.84 bits per heavy atom. The van der Waals surface area contributed by atoms with Crippen molar-refractivity contribution in [1.29, 1.82) is 0 Å². The van der Waals surface area contributed by atoms with E-state index in [0.29, 0.717) is 13.1 Å². The zero-order valence-electron chi connectivity index (χ0n) is 17.8. The van der Waals surface area contributed by atoms with E-state index in [2.05, 4.69) is 44.7 Å². The number of hydrogen-bond donors (Lipinski definition) is 3. The second-order valence-electron chi connectivity index (χ2n) is 8.80. The Hall–Kier alpha value is -2.83. The summed E-state index contributed by atoms with van der Waals surface area (Å²) < 4.78 is 0. The third kappa shape index (κ3) is 4.92. The van der Waals surface area contributed by atoms with Crippen LogP contribution < -0.4 is 15.5 Å². The van der Waals surface area contributed by atoms with E-state index in [1.54, 1.807) is 0 Å². The molecule has 0 radical (unpaired) electrons. The largest absolute Gasteiger partial charge is 0.388 e. The number of amides is 2. The summed E-state index contributed by atoms with van der Waals surface area (Å²) in [5.74, 6) is 0.805. The van der Waals surface area contributed by atoms with Gasteiger partial charge in [0.05, 0.1) is 6.10 Å². The highest BCUT2D eigenvalue weighted by atomic mass is 16.3. The fourth-order valence-electron chi connectivity index (χ4n) is 4.44. The van der Waals surface area contributed by atoms with Crippen molar-refractivity contribution in [2.24, 2.45) is 0 Å². The summed E-state index contributed by atoms with van der Waals surface area (Å²) in [7, 11) is 0. The van der Waals surface area contributed by atoms with Gasteiger partial charge in [0.1, 0.15) is 0 Å². The third-order valence-electron chi connectivity index (χ3n) is 6.45. The van der Waals surface area contributed by atoms with E-state index in [1.807, 2.05) is 30.4 Å². The number of carbonyl (C=O) groups excluding carboxylic acids is 1. The third-order valence-corrected chi connectivity index (χ3v) is 6.45. The molecule has 1 atom stereocenters. The van der Waals surface area contributed by atoms with E-state index in [4.69, 9.17) is 0 Å². The lowest BCUT2D eigenvalue weighted by Gasteiger charge is -2.36. The molecule has 1 unspecified atom stereocenters. The van der Waals surface area contributed by atoms with Crippen molar-refractivity contribution in [3.63, 3.8) is 0 Å². The molecule has 5 rings (SSSR count). The summed E-state index contributed by atoms with van der Waals surface area (Å²) in [5, 5.41) is 16.1. The molecule has 162 valence electrons. The van der Waals surface area contributed by atoms with Gasteiger partial charge in [-0.3, -0.25) is 4.90 Å². The van der Waals surface area contributed by atoms with E-state index >= 15 is 0 Å². The average molecular weight is 419 g/mol. The van der Waals surface area contributed by atoms with Gasteiger partial charge in [-0.15, -0.1) is 0 Å². The summed E-state index contributed by atoms with van der Waals surface area (Å²) in [6.45, 7) is 5.07. The van der Waals surface area contributed by atoms with Gasteiger partial charge in [0.15, 0.2) is 0 Å². The number of benzene rings is 2. The number of hydrogen-bond acceptors (Lipinski definition) is 4. The van der Waals surface area contributed by atoms with Crippen LogP contribution >= 0.6 is 0 Å². The van der Waals surface area contributed by atoms with E-state index in [0.717, 1.165) is 48.9 Å². The van der Waals surface area contributed by atoms with Crippen LogP contribution in [0.25, 0.3) is 6.08 Å². The number of nitrogens with one attached hydrogen (secondary N) is 2. The number of nitrogens with zero attached hydrogens (tertiary/aromatic N) is 2.